The Labute approximate surface area is 159 Å². The number of benzene rings is 1. The molecule has 0 aliphatic heterocycles. The van der Waals surface area contributed by atoms with E-state index in [-0.39, 0.29) is 13.0 Å². The highest BCUT2D eigenvalue weighted by Crippen LogP contribution is 2.06. The average molecular weight is 399 g/mol. The van der Waals surface area contributed by atoms with Crippen molar-refractivity contribution in [1.29, 1.82) is 0 Å². The van der Waals surface area contributed by atoms with E-state index in [1.165, 1.54) is 0 Å². The first-order valence-electron chi connectivity index (χ1n) is 8.41. The van der Waals surface area contributed by atoms with Crippen LogP contribution in [0.25, 0.3) is 0 Å². The fourth-order valence-electron chi connectivity index (χ4n) is 2.39. The van der Waals surface area contributed by atoms with Gasteiger partial charge >= 0.3 is 11.9 Å². The van der Waals surface area contributed by atoms with Gasteiger partial charge in [-0.25, -0.2) is 9.10 Å². The number of carbonyl (C=O) groups excluding carboxylic acids is 1. The van der Waals surface area contributed by atoms with Crippen molar-refractivity contribution in [2.45, 2.75) is 38.1 Å². The van der Waals surface area contributed by atoms with E-state index >= 15 is 0 Å². The lowest BCUT2D eigenvalue weighted by molar-refractivity contribution is -0.143. The number of nitrogens with one attached hydrogen (secondary N) is 1. The average Bonchev–Trinajstić information content (AvgIpc) is 2.61. The molecule has 2 atom stereocenters. The van der Waals surface area contributed by atoms with Gasteiger partial charge in [-0.2, -0.15) is 0 Å². The summed E-state index contributed by atoms with van der Waals surface area (Å²) in [6.45, 7) is -0.387. The van der Waals surface area contributed by atoms with Crippen molar-refractivity contribution in [2.24, 2.45) is 0 Å². The second-order valence-corrected chi connectivity index (χ2v) is 6.86. The first-order valence-corrected chi connectivity index (χ1v) is 9.45. The van der Waals surface area contributed by atoms with Crippen LogP contribution in [0.2, 0.25) is 0 Å². The molecule has 0 aliphatic carbocycles. The summed E-state index contributed by atoms with van der Waals surface area (Å²) in [6.07, 6.45) is 1.34. The van der Waals surface area contributed by atoms with E-state index in [9.17, 15) is 23.1 Å². The summed E-state index contributed by atoms with van der Waals surface area (Å²) in [6, 6.07) is 8.31. The van der Waals surface area contributed by atoms with E-state index < -0.39 is 48.1 Å². The second kappa shape index (κ2) is 12.2. The van der Waals surface area contributed by atoms with Gasteiger partial charge in [0, 0.05) is 24.2 Å². The van der Waals surface area contributed by atoms with Crippen LogP contribution in [0.15, 0.2) is 30.3 Å². The van der Waals surface area contributed by atoms with Crippen LogP contribution in [0.4, 0.5) is 0 Å². The third kappa shape index (κ3) is 9.83. The Bertz CT molecular complexity index is 654. The molecule has 1 rings (SSSR count). The Morgan fingerprint density at radius 3 is 2.37 bits per heavy atom. The van der Waals surface area contributed by atoms with E-state index in [0.717, 1.165) is 22.7 Å². The molecule has 0 aromatic heterocycles. The number of carboxylic acids is 2. The van der Waals surface area contributed by atoms with Crippen LogP contribution in [0.1, 0.15) is 31.2 Å². The number of hydrogen-bond acceptors (Lipinski definition) is 5. The molecule has 0 heterocycles. The molecule has 0 saturated carbocycles. The summed E-state index contributed by atoms with van der Waals surface area (Å²) in [5.41, 5.74) is 1.13. The minimum atomic E-state index is -2.63. The van der Waals surface area contributed by atoms with Gasteiger partial charge < -0.3 is 20.1 Å². The van der Waals surface area contributed by atoms with Crippen molar-refractivity contribution in [3.05, 3.63) is 35.9 Å². The van der Waals surface area contributed by atoms with Crippen LogP contribution in [0.3, 0.4) is 0 Å². The summed E-state index contributed by atoms with van der Waals surface area (Å²) in [7, 11) is 0. The van der Waals surface area contributed by atoms with Crippen molar-refractivity contribution in [3.63, 3.8) is 0 Å². The van der Waals surface area contributed by atoms with Gasteiger partial charge in [-0.05, 0) is 31.2 Å². The van der Waals surface area contributed by atoms with E-state index in [1.807, 2.05) is 30.3 Å². The zero-order chi connectivity index (χ0) is 20.2. The standard InChI is InChI=1S/C17H24N2O7S/c20-15(18-14(17(23)24)9-10-16(21)22)12-19(27(25)26)11-5-4-8-13-6-2-1-3-7-13/h1-3,6-7,14H,4-5,8-12H2,(H,18,20)(H,21,22)(H,23,24)(H,25,26)/p-1. The van der Waals surface area contributed by atoms with Crippen LogP contribution in [-0.2, 0) is 32.1 Å². The summed E-state index contributed by atoms with van der Waals surface area (Å²) < 4.78 is 23.5. The Morgan fingerprint density at radius 2 is 1.81 bits per heavy atom. The molecule has 150 valence electrons. The van der Waals surface area contributed by atoms with Crippen molar-refractivity contribution in [2.75, 3.05) is 13.1 Å². The predicted molar refractivity (Wildman–Crippen MR) is 96.3 cm³/mol. The molecule has 27 heavy (non-hydrogen) atoms. The number of aliphatic carboxylic acids is 2. The van der Waals surface area contributed by atoms with E-state index in [1.54, 1.807) is 0 Å². The summed E-state index contributed by atoms with van der Waals surface area (Å²) in [4.78, 5) is 33.5. The molecule has 10 heteroatoms. The number of carboxylic acid groups (broad SMARTS) is 2. The molecular formula is C17H23N2O7S-. The van der Waals surface area contributed by atoms with Gasteiger partial charge in [0.2, 0.25) is 5.91 Å². The largest absolute Gasteiger partial charge is 0.760 e. The summed E-state index contributed by atoms with van der Waals surface area (Å²) >= 11 is -2.63. The molecule has 0 spiro atoms. The highest BCUT2D eigenvalue weighted by atomic mass is 32.2. The molecule has 0 fully saturated rings. The third-order valence-corrected chi connectivity index (χ3v) is 4.51. The highest BCUT2D eigenvalue weighted by Gasteiger charge is 2.22. The monoisotopic (exact) mass is 399 g/mol. The molecule has 0 saturated heterocycles. The van der Waals surface area contributed by atoms with Crippen LogP contribution >= 0.6 is 0 Å². The smallest absolute Gasteiger partial charge is 0.326 e. The molecular weight excluding hydrogens is 376 g/mol. The number of aryl methyl sites for hydroxylation is 1. The van der Waals surface area contributed by atoms with E-state index in [4.69, 9.17) is 10.2 Å². The van der Waals surface area contributed by atoms with Gasteiger partial charge in [-0.1, -0.05) is 30.3 Å². The maximum atomic E-state index is 11.9. The molecule has 0 radical (unpaired) electrons. The Hall–Kier alpha value is -2.30. The van der Waals surface area contributed by atoms with Crippen molar-refractivity contribution in [3.8, 4) is 0 Å². The van der Waals surface area contributed by atoms with Crippen LogP contribution in [-0.4, -0.2) is 60.3 Å². The third-order valence-electron chi connectivity index (χ3n) is 3.78. The van der Waals surface area contributed by atoms with Gasteiger partial charge in [-0.15, -0.1) is 0 Å². The Kier molecular flexibility index (Phi) is 10.2. The van der Waals surface area contributed by atoms with E-state index in [0.29, 0.717) is 6.42 Å². The fourth-order valence-corrected chi connectivity index (χ4v) is 2.89. The van der Waals surface area contributed by atoms with Gasteiger partial charge in [0.15, 0.2) is 0 Å². The topological polar surface area (TPSA) is 147 Å². The predicted octanol–water partition coefficient (Wildman–Crippen LogP) is 0.540. The molecule has 3 N–H and O–H groups in total. The molecule has 0 aliphatic rings. The minimum Gasteiger partial charge on any atom is -0.760 e. The lowest BCUT2D eigenvalue weighted by Gasteiger charge is -2.24. The van der Waals surface area contributed by atoms with Crippen LogP contribution < -0.4 is 5.32 Å². The maximum Gasteiger partial charge on any atom is 0.326 e. The van der Waals surface area contributed by atoms with Gasteiger partial charge in [0.25, 0.3) is 0 Å². The van der Waals surface area contributed by atoms with Crippen molar-refractivity contribution >= 4 is 29.1 Å². The normalized spacial score (nSPS) is 13.1. The first-order chi connectivity index (χ1) is 12.8. The first kappa shape index (κ1) is 22.7. The van der Waals surface area contributed by atoms with Gasteiger partial charge in [0.1, 0.15) is 6.04 Å². The molecule has 1 aromatic carbocycles. The van der Waals surface area contributed by atoms with Crippen LogP contribution in [0.5, 0.6) is 0 Å². The number of amides is 1. The molecule has 2 unspecified atom stereocenters. The number of nitrogens with zero attached hydrogens (tertiary/aromatic N) is 1. The van der Waals surface area contributed by atoms with E-state index in [2.05, 4.69) is 5.32 Å². The Morgan fingerprint density at radius 1 is 1.15 bits per heavy atom. The molecule has 9 nitrogen and oxygen atoms in total. The number of carbonyl (C=O) groups is 3. The summed E-state index contributed by atoms with van der Waals surface area (Å²) in [5.74, 6) is -3.35. The lowest BCUT2D eigenvalue weighted by Crippen LogP contribution is -2.46. The molecule has 1 aromatic rings. The highest BCUT2D eigenvalue weighted by molar-refractivity contribution is 7.76. The van der Waals surface area contributed by atoms with Crippen LogP contribution in [0, 0.1) is 0 Å². The van der Waals surface area contributed by atoms with Crippen molar-refractivity contribution < 1.29 is 33.4 Å². The summed E-state index contributed by atoms with van der Waals surface area (Å²) in [5, 5.41) is 19.8. The molecule has 1 amide bonds. The van der Waals surface area contributed by atoms with Crippen molar-refractivity contribution in [1.82, 2.24) is 9.62 Å². The number of unbranched alkanes of at least 4 members (excludes halogenated alkanes) is 1. The zero-order valence-electron chi connectivity index (χ0n) is 14.7. The lowest BCUT2D eigenvalue weighted by atomic mass is 10.1. The SMILES string of the molecule is O=C(O)CCC(NC(=O)CN(CCCCc1ccccc1)S(=O)[O-])C(=O)O. The maximum absolute atomic E-state index is 11.9. The second-order valence-electron chi connectivity index (χ2n) is 5.91. The van der Waals surface area contributed by atoms with Gasteiger partial charge in [0.05, 0.1) is 6.54 Å². The number of hydrogen-bond donors (Lipinski definition) is 3. The fraction of sp³-hybridized carbons (Fsp3) is 0.471. The molecule has 0 bridgehead atoms. The quantitative estimate of drug-likeness (QED) is 0.324. The zero-order valence-corrected chi connectivity index (χ0v) is 15.5. The number of rotatable bonds is 13. The Balaban J connectivity index is 2.44. The minimum absolute atomic E-state index is 0.128. The van der Waals surface area contributed by atoms with Gasteiger partial charge in [-0.3, -0.25) is 13.8 Å².